The molecule has 2 amide bonds. The number of carbonyl (C=O) groups excluding carboxylic acids is 2. The summed E-state index contributed by atoms with van der Waals surface area (Å²) in [6, 6.07) is 12.6. The Morgan fingerprint density at radius 1 is 1.20 bits per heavy atom. The van der Waals surface area contributed by atoms with Crippen LogP contribution in [0.5, 0.6) is 11.5 Å². The Morgan fingerprint density at radius 3 is 2.72 bits per heavy atom. The number of hydrogen-bond acceptors (Lipinski definition) is 4. The van der Waals surface area contributed by atoms with Crippen molar-refractivity contribution in [2.75, 3.05) is 25.5 Å². The fourth-order valence-corrected chi connectivity index (χ4v) is 2.45. The van der Waals surface area contributed by atoms with Gasteiger partial charge in [0.2, 0.25) is 12.0 Å². The number of likely N-dealkylation sites (N-methyl/N-ethyl adjacent to an activating group) is 1. The van der Waals surface area contributed by atoms with E-state index < -0.39 is 17.8 Å². The van der Waals surface area contributed by atoms with E-state index in [1.807, 2.05) is 6.07 Å². The molecule has 1 N–H and O–H groups in total. The average molecular weight is 344 g/mol. The summed E-state index contributed by atoms with van der Waals surface area (Å²) in [5.74, 6) is -0.182. The van der Waals surface area contributed by atoms with Gasteiger partial charge in [-0.1, -0.05) is 18.2 Å². The highest BCUT2D eigenvalue weighted by atomic mass is 19.1. The van der Waals surface area contributed by atoms with E-state index in [2.05, 4.69) is 5.32 Å². The zero-order valence-electron chi connectivity index (χ0n) is 13.6. The van der Waals surface area contributed by atoms with E-state index in [4.69, 9.17) is 9.47 Å². The highest BCUT2D eigenvalue weighted by Crippen LogP contribution is 2.31. The van der Waals surface area contributed by atoms with Crippen molar-refractivity contribution >= 4 is 17.5 Å². The van der Waals surface area contributed by atoms with Crippen LogP contribution in [0.1, 0.15) is 0 Å². The van der Waals surface area contributed by atoms with E-state index >= 15 is 0 Å². The molecule has 0 unspecified atom stereocenters. The lowest BCUT2D eigenvalue weighted by Crippen LogP contribution is -2.47. The first-order chi connectivity index (χ1) is 12.0. The monoisotopic (exact) mass is 344 g/mol. The normalized spacial score (nSPS) is 15.4. The Kier molecular flexibility index (Phi) is 4.83. The quantitative estimate of drug-likeness (QED) is 0.922. The number of nitrogens with one attached hydrogen (secondary N) is 1. The van der Waals surface area contributed by atoms with Gasteiger partial charge in [-0.05, 0) is 30.3 Å². The largest absolute Gasteiger partial charge is 0.485 e. The molecule has 0 fully saturated rings. The lowest BCUT2D eigenvalue weighted by atomic mass is 10.2. The van der Waals surface area contributed by atoms with Crippen LogP contribution in [0.4, 0.5) is 10.1 Å². The third-order valence-corrected chi connectivity index (χ3v) is 3.65. The van der Waals surface area contributed by atoms with Crippen molar-refractivity contribution in [3.05, 3.63) is 54.3 Å². The molecule has 0 radical (unpaired) electrons. The molecule has 2 aromatic carbocycles. The van der Waals surface area contributed by atoms with E-state index in [0.717, 1.165) is 0 Å². The highest BCUT2D eigenvalue weighted by molar-refractivity contribution is 5.95. The summed E-state index contributed by atoms with van der Waals surface area (Å²) in [5, 5.41) is 2.54. The molecule has 6 nitrogen and oxygen atoms in total. The van der Waals surface area contributed by atoms with Crippen LogP contribution in [0, 0.1) is 5.82 Å². The van der Waals surface area contributed by atoms with Crippen molar-refractivity contribution < 1.29 is 23.5 Å². The van der Waals surface area contributed by atoms with Crippen LogP contribution < -0.4 is 14.8 Å². The van der Waals surface area contributed by atoms with Gasteiger partial charge in [0.15, 0.2) is 11.5 Å². The van der Waals surface area contributed by atoms with Crippen molar-refractivity contribution in [1.82, 2.24) is 4.90 Å². The van der Waals surface area contributed by atoms with Gasteiger partial charge in [0.1, 0.15) is 12.4 Å². The maximum absolute atomic E-state index is 13.1. The first kappa shape index (κ1) is 16.8. The molecule has 0 saturated carbocycles. The van der Waals surface area contributed by atoms with Gasteiger partial charge in [-0.3, -0.25) is 9.59 Å². The zero-order chi connectivity index (χ0) is 17.8. The molecule has 1 heterocycles. The summed E-state index contributed by atoms with van der Waals surface area (Å²) in [5.41, 5.74) is 0.331. The second kappa shape index (κ2) is 7.21. The first-order valence-corrected chi connectivity index (χ1v) is 7.72. The molecule has 130 valence electrons. The maximum atomic E-state index is 13.1. The number of amides is 2. The molecule has 0 aliphatic carbocycles. The van der Waals surface area contributed by atoms with Gasteiger partial charge in [0.05, 0.1) is 6.54 Å². The van der Waals surface area contributed by atoms with Crippen LogP contribution >= 0.6 is 0 Å². The van der Waals surface area contributed by atoms with Crippen molar-refractivity contribution in [2.45, 2.75) is 6.10 Å². The third kappa shape index (κ3) is 4.06. The molecule has 25 heavy (non-hydrogen) atoms. The SMILES string of the molecule is CN(CC(=O)Nc1cccc(F)c1)C(=O)[C@@H]1COc2ccccc2O1. The fourth-order valence-electron chi connectivity index (χ4n) is 2.45. The molecule has 1 aliphatic heterocycles. The Labute approximate surface area is 144 Å². The number of rotatable bonds is 4. The van der Waals surface area contributed by atoms with E-state index in [-0.39, 0.29) is 19.1 Å². The topological polar surface area (TPSA) is 67.9 Å². The van der Waals surface area contributed by atoms with Crippen molar-refractivity contribution in [1.29, 1.82) is 0 Å². The van der Waals surface area contributed by atoms with Crippen LogP contribution in [0.15, 0.2) is 48.5 Å². The summed E-state index contributed by atoms with van der Waals surface area (Å²) in [4.78, 5) is 25.7. The Hall–Kier alpha value is -3.09. The molecule has 0 aromatic heterocycles. The van der Waals surface area contributed by atoms with Gasteiger partial charge < -0.3 is 19.7 Å². The molecule has 7 heteroatoms. The summed E-state index contributed by atoms with van der Waals surface area (Å²) in [6.45, 7) is -0.109. The molecule has 1 aliphatic rings. The number of fused-ring (bicyclic) bond motifs is 1. The number of ether oxygens (including phenoxy) is 2. The van der Waals surface area contributed by atoms with Gasteiger partial charge in [-0.15, -0.1) is 0 Å². The number of halogens is 1. The smallest absolute Gasteiger partial charge is 0.267 e. The Balaban J connectivity index is 1.57. The number of hydrogen-bond donors (Lipinski definition) is 1. The molecule has 2 aromatic rings. The minimum Gasteiger partial charge on any atom is -0.485 e. The number of para-hydroxylation sites is 2. The van der Waals surface area contributed by atoms with Gasteiger partial charge in [-0.2, -0.15) is 0 Å². The fraction of sp³-hybridized carbons (Fsp3) is 0.222. The summed E-state index contributed by atoms with van der Waals surface area (Å²) in [7, 11) is 1.50. The molecule has 3 rings (SSSR count). The number of benzene rings is 2. The third-order valence-electron chi connectivity index (χ3n) is 3.65. The summed E-state index contributed by atoms with van der Waals surface area (Å²) >= 11 is 0. The van der Waals surface area contributed by atoms with Gasteiger partial charge in [-0.25, -0.2) is 4.39 Å². The molecule has 0 saturated heterocycles. The van der Waals surface area contributed by atoms with Gasteiger partial charge in [0, 0.05) is 12.7 Å². The zero-order valence-corrected chi connectivity index (χ0v) is 13.6. The van der Waals surface area contributed by atoms with Crippen molar-refractivity contribution in [3.63, 3.8) is 0 Å². The van der Waals surface area contributed by atoms with Crippen LogP contribution in [0.3, 0.4) is 0 Å². The number of anilines is 1. The van der Waals surface area contributed by atoms with Gasteiger partial charge >= 0.3 is 0 Å². The van der Waals surface area contributed by atoms with Crippen molar-refractivity contribution in [2.24, 2.45) is 0 Å². The lowest BCUT2D eigenvalue weighted by Gasteiger charge is -2.28. The summed E-state index contributed by atoms with van der Waals surface area (Å²) in [6.07, 6.45) is -0.818. The molecule has 1 atom stereocenters. The van der Waals surface area contributed by atoms with Gasteiger partial charge in [0.25, 0.3) is 5.91 Å². The van der Waals surface area contributed by atoms with Crippen LogP contribution in [0.25, 0.3) is 0 Å². The minimum absolute atomic E-state index is 0.0751. The van der Waals surface area contributed by atoms with Crippen LogP contribution in [-0.4, -0.2) is 43.0 Å². The molecular weight excluding hydrogens is 327 g/mol. The highest BCUT2D eigenvalue weighted by Gasteiger charge is 2.30. The molecule has 0 bridgehead atoms. The Morgan fingerprint density at radius 2 is 1.96 bits per heavy atom. The number of nitrogens with zero attached hydrogens (tertiary/aromatic N) is 1. The Bertz CT molecular complexity index is 796. The standard InChI is InChI=1S/C18H17FN2O4/c1-21(10-17(22)20-13-6-4-5-12(19)9-13)18(23)16-11-24-14-7-2-3-8-15(14)25-16/h2-9,16H,10-11H2,1H3,(H,20,22)/t16-/m0/s1. The first-order valence-electron chi connectivity index (χ1n) is 7.72. The lowest BCUT2D eigenvalue weighted by molar-refractivity contribution is -0.141. The van der Waals surface area contributed by atoms with E-state index in [9.17, 15) is 14.0 Å². The van der Waals surface area contributed by atoms with Crippen LogP contribution in [-0.2, 0) is 9.59 Å². The predicted molar refractivity (Wildman–Crippen MR) is 89.0 cm³/mol. The minimum atomic E-state index is -0.818. The second-order valence-electron chi connectivity index (χ2n) is 5.62. The van der Waals surface area contributed by atoms with E-state index in [0.29, 0.717) is 17.2 Å². The van der Waals surface area contributed by atoms with E-state index in [1.165, 1.54) is 30.1 Å². The summed E-state index contributed by atoms with van der Waals surface area (Å²) < 4.78 is 24.3. The van der Waals surface area contributed by atoms with E-state index in [1.54, 1.807) is 24.3 Å². The number of carbonyl (C=O) groups is 2. The van der Waals surface area contributed by atoms with Crippen molar-refractivity contribution in [3.8, 4) is 11.5 Å². The molecule has 0 spiro atoms. The second-order valence-corrected chi connectivity index (χ2v) is 5.62. The van der Waals surface area contributed by atoms with Crippen LogP contribution in [0.2, 0.25) is 0 Å². The predicted octanol–water partition coefficient (Wildman–Crippen LogP) is 2.06. The molecular formula is C18H17FN2O4. The maximum Gasteiger partial charge on any atom is 0.267 e. The average Bonchev–Trinajstić information content (AvgIpc) is 2.60.